The molecule has 1 nitrogen and oxygen atoms in total. The summed E-state index contributed by atoms with van der Waals surface area (Å²) in [4.78, 5) is 0. The van der Waals surface area contributed by atoms with Gasteiger partial charge in [-0.05, 0) is 12.8 Å². The van der Waals surface area contributed by atoms with Gasteiger partial charge < -0.3 is 5.11 Å². The van der Waals surface area contributed by atoms with E-state index >= 15 is 0 Å². The van der Waals surface area contributed by atoms with E-state index < -0.39 is 6.10 Å². The van der Waals surface area contributed by atoms with E-state index in [-0.39, 0.29) is 0 Å². The first-order valence-electron chi connectivity index (χ1n) is 5.46. The lowest BCUT2D eigenvalue weighted by Gasteiger charge is -1.90. The number of rotatable bonds is 4. The van der Waals surface area contributed by atoms with Gasteiger partial charge in [0.25, 0.3) is 0 Å². The highest BCUT2D eigenvalue weighted by Gasteiger charge is 1.88. The SMILES string of the molecule is CCCCC#CC(O)C#CCCCC. The van der Waals surface area contributed by atoms with Gasteiger partial charge in [-0.25, -0.2) is 0 Å². The summed E-state index contributed by atoms with van der Waals surface area (Å²) in [5.41, 5.74) is 0. The van der Waals surface area contributed by atoms with Crippen molar-refractivity contribution in [1.29, 1.82) is 0 Å². The fourth-order valence-electron chi connectivity index (χ4n) is 0.904. The molecular formula is C13H20O. The second-order valence-corrected chi connectivity index (χ2v) is 3.25. The highest BCUT2D eigenvalue weighted by Crippen LogP contribution is 1.92. The van der Waals surface area contributed by atoms with Gasteiger partial charge in [0, 0.05) is 12.8 Å². The van der Waals surface area contributed by atoms with Crippen LogP contribution in [0, 0.1) is 23.7 Å². The molecule has 0 amide bonds. The van der Waals surface area contributed by atoms with Crippen molar-refractivity contribution in [2.45, 2.75) is 58.5 Å². The van der Waals surface area contributed by atoms with E-state index in [9.17, 15) is 5.11 Å². The quantitative estimate of drug-likeness (QED) is 0.536. The molecule has 0 aliphatic rings. The van der Waals surface area contributed by atoms with Crippen molar-refractivity contribution in [3.63, 3.8) is 0 Å². The maximum atomic E-state index is 9.30. The van der Waals surface area contributed by atoms with Gasteiger partial charge in [-0.2, -0.15) is 0 Å². The molecular weight excluding hydrogens is 172 g/mol. The van der Waals surface area contributed by atoms with Crippen LogP contribution in [0.4, 0.5) is 0 Å². The Labute approximate surface area is 87.9 Å². The molecule has 0 aliphatic carbocycles. The molecule has 0 heterocycles. The Balaban J connectivity index is 3.63. The Bertz CT molecular complexity index is 207. The summed E-state index contributed by atoms with van der Waals surface area (Å²) in [6, 6.07) is 0. The highest BCUT2D eigenvalue weighted by atomic mass is 16.3. The molecule has 0 atom stereocenters. The van der Waals surface area contributed by atoms with Gasteiger partial charge in [-0.1, -0.05) is 50.4 Å². The zero-order valence-corrected chi connectivity index (χ0v) is 9.27. The van der Waals surface area contributed by atoms with Gasteiger partial charge in [0.15, 0.2) is 6.10 Å². The van der Waals surface area contributed by atoms with Crippen LogP contribution < -0.4 is 0 Å². The molecule has 78 valence electrons. The number of aliphatic hydroxyl groups excluding tert-OH is 1. The first-order valence-corrected chi connectivity index (χ1v) is 5.46. The van der Waals surface area contributed by atoms with E-state index in [0.717, 1.165) is 38.5 Å². The van der Waals surface area contributed by atoms with Crippen LogP contribution in [0.3, 0.4) is 0 Å². The summed E-state index contributed by atoms with van der Waals surface area (Å²) >= 11 is 0. The van der Waals surface area contributed by atoms with Crippen molar-refractivity contribution in [1.82, 2.24) is 0 Å². The number of hydrogen-bond donors (Lipinski definition) is 1. The van der Waals surface area contributed by atoms with Crippen LogP contribution >= 0.6 is 0 Å². The lowest BCUT2D eigenvalue weighted by molar-refractivity contribution is 0.289. The summed E-state index contributed by atoms with van der Waals surface area (Å²) in [5.74, 6) is 11.3. The molecule has 1 N–H and O–H groups in total. The van der Waals surface area contributed by atoms with Crippen molar-refractivity contribution in [2.24, 2.45) is 0 Å². The van der Waals surface area contributed by atoms with Crippen LogP contribution in [0.5, 0.6) is 0 Å². The zero-order chi connectivity index (χ0) is 10.6. The third kappa shape index (κ3) is 9.17. The summed E-state index contributed by atoms with van der Waals surface area (Å²) in [7, 11) is 0. The standard InChI is InChI=1S/C13H20O/c1-3-5-7-9-11-13(14)12-10-8-6-4-2/h13-14H,3-8H2,1-2H3. The van der Waals surface area contributed by atoms with Crippen molar-refractivity contribution < 1.29 is 5.11 Å². The van der Waals surface area contributed by atoms with Gasteiger partial charge in [0.2, 0.25) is 0 Å². The average Bonchev–Trinajstić information content (AvgIpc) is 2.19. The number of unbranched alkanes of at least 4 members (excludes halogenated alkanes) is 4. The molecule has 0 rings (SSSR count). The van der Waals surface area contributed by atoms with Crippen molar-refractivity contribution in [3.05, 3.63) is 0 Å². The molecule has 0 aliphatic heterocycles. The van der Waals surface area contributed by atoms with E-state index in [1.165, 1.54) is 0 Å². The van der Waals surface area contributed by atoms with E-state index in [0.29, 0.717) is 0 Å². The van der Waals surface area contributed by atoms with Gasteiger partial charge in [0.1, 0.15) is 0 Å². The third-order valence-corrected chi connectivity index (χ3v) is 1.79. The van der Waals surface area contributed by atoms with E-state index in [2.05, 4.69) is 37.5 Å². The summed E-state index contributed by atoms with van der Waals surface area (Å²) < 4.78 is 0. The second kappa shape index (κ2) is 10.2. The van der Waals surface area contributed by atoms with Gasteiger partial charge in [-0.3, -0.25) is 0 Å². The van der Waals surface area contributed by atoms with Crippen LogP contribution in [0.15, 0.2) is 0 Å². The van der Waals surface area contributed by atoms with Crippen LogP contribution in [0.25, 0.3) is 0 Å². The van der Waals surface area contributed by atoms with Crippen LogP contribution in [-0.4, -0.2) is 11.2 Å². The predicted octanol–water partition coefficient (Wildman–Crippen LogP) is 2.73. The Morgan fingerprint density at radius 3 is 1.71 bits per heavy atom. The van der Waals surface area contributed by atoms with Crippen LogP contribution in [0.2, 0.25) is 0 Å². The molecule has 0 radical (unpaired) electrons. The molecule has 0 saturated carbocycles. The van der Waals surface area contributed by atoms with Crippen molar-refractivity contribution in [2.75, 3.05) is 0 Å². The first kappa shape index (κ1) is 13.1. The normalized spacial score (nSPS) is 8.86. The molecule has 0 bridgehead atoms. The van der Waals surface area contributed by atoms with E-state index in [1.54, 1.807) is 0 Å². The molecule has 0 unspecified atom stereocenters. The topological polar surface area (TPSA) is 20.2 Å². The minimum absolute atomic E-state index is 0.747. The lowest BCUT2D eigenvalue weighted by atomic mass is 10.2. The second-order valence-electron chi connectivity index (χ2n) is 3.25. The fraction of sp³-hybridized carbons (Fsp3) is 0.692. The van der Waals surface area contributed by atoms with Crippen LogP contribution in [-0.2, 0) is 0 Å². The smallest absolute Gasteiger partial charge is 0.176 e. The third-order valence-electron chi connectivity index (χ3n) is 1.79. The summed E-state index contributed by atoms with van der Waals surface area (Å²) in [6.07, 6.45) is 5.48. The minimum Gasteiger partial charge on any atom is -0.369 e. The lowest BCUT2D eigenvalue weighted by Crippen LogP contribution is -1.97. The maximum absolute atomic E-state index is 9.30. The first-order chi connectivity index (χ1) is 6.81. The number of aliphatic hydroxyl groups is 1. The molecule has 0 aromatic carbocycles. The molecule has 0 saturated heterocycles. The monoisotopic (exact) mass is 192 g/mol. The van der Waals surface area contributed by atoms with Gasteiger partial charge >= 0.3 is 0 Å². The van der Waals surface area contributed by atoms with E-state index in [1.807, 2.05) is 0 Å². The summed E-state index contributed by atoms with van der Waals surface area (Å²) in [6.45, 7) is 4.26. The Hall–Kier alpha value is -0.920. The Morgan fingerprint density at radius 2 is 1.36 bits per heavy atom. The molecule has 0 aromatic heterocycles. The van der Waals surface area contributed by atoms with Gasteiger partial charge in [0.05, 0.1) is 0 Å². The maximum Gasteiger partial charge on any atom is 0.176 e. The Morgan fingerprint density at radius 1 is 0.929 bits per heavy atom. The van der Waals surface area contributed by atoms with Crippen molar-refractivity contribution in [3.8, 4) is 23.7 Å². The minimum atomic E-state index is -0.747. The molecule has 1 heteroatoms. The predicted molar refractivity (Wildman–Crippen MR) is 60.6 cm³/mol. The zero-order valence-electron chi connectivity index (χ0n) is 9.27. The molecule has 0 aromatic rings. The van der Waals surface area contributed by atoms with Gasteiger partial charge in [-0.15, -0.1) is 0 Å². The average molecular weight is 192 g/mol. The molecule has 14 heavy (non-hydrogen) atoms. The fourth-order valence-corrected chi connectivity index (χ4v) is 0.904. The Kier molecular flexibility index (Phi) is 9.49. The largest absolute Gasteiger partial charge is 0.369 e. The molecule has 0 spiro atoms. The number of hydrogen-bond acceptors (Lipinski definition) is 1. The van der Waals surface area contributed by atoms with E-state index in [4.69, 9.17) is 0 Å². The molecule has 0 fully saturated rings. The summed E-state index contributed by atoms with van der Waals surface area (Å²) in [5, 5.41) is 9.30. The van der Waals surface area contributed by atoms with Crippen molar-refractivity contribution >= 4 is 0 Å². The van der Waals surface area contributed by atoms with Crippen LogP contribution in [0.1, 0.15) is 52.4 Å². The highest BCUT2D eigenvalue weighted by molar-refractivity contribution is 5.19.